The lowest BCUT2D eigenvalue weighted by molar-refractivity contribution is 0.130. The smallest absolute Gasteiger partial charge is 0.0646 e. The van der Waals surface area contributed by atoms with Gasteiger partial charge in [-0.1, -0.05) is 66.2 Å². The Hall–Kier alpha value is -2.36. The van der Waals surface area contributed by atoms with Crippen molar-refractivity contribution in [2.24, 2.45) is 5.10 Å². The van der Waals surface area contributed by atoms with Crippen molar-refractivity contribution in [3.63, 3.8) is 0 Å². The fourth-order valence-electron chi connectivity index (χ4n) is 3.55. The van der Waals surface area contributed by atoms with Crippen molar-refractivity contribution >= 4 is 28.1 Å². The van der Waals surface area contributed by atoms with Gasteiger partial charge < -0.3 is 0 Å². The van der Waals surface area contributed by atoms with Crippen molar-refractivity contribution in [2.75, 3.05) is 26.2 Å². The molecule has 0 bridgehead atoms. The molecule has 0 N–H and O–H groups in total. The SMILES string of the molecule is CC(=NN1CCN(Cc2ccccc2Cl)CC1)c1ccc2ccccc2c1. The van der Waals surface area contributed by atoms with Gasteiger partial charge in [-0.15, -0.1) is 0 Å². The maximum Gasteiger partial charge on any atom is 0.0646 e. The molecule has 4 rings (SSSR count). The standard InChI is InChI=1S/C23H24ClN3/c1-18(20-11-10-19-6-2-3-7-21(19)16-20)25-27-14-12-26(13-15-27)17-22-8-4-5-9-23(22)24/h2-11,16H,12-15,17H2,1H3. The van der Waals surface area contributed by atoms with E-state index in [2.05, 4.69) is 71.4 Å². The summed E-state index contributed by atoms with van der Waals surface area (Å²) in [7, 11) is 0. The molecule has 0 atom stereocenters. The summed E-state index contributed by atoms with van der Waals surface area (Å²) in [5.41, 5.74) is 3.45. The van der Waals surface area contributed by atoms with Gasteiger partial charge >= 0.3 is 0 Å². The van der Waals surface area contributed by atoms with Crippen LogP contribution >= 0.6 is 11.6 Å². The Morgan fingerprint density at radius 1 is 0.889 bits per heavy atom. The lowest BCUT2D eigenvalue weighted by Gasteiger charge is -2.33. The van der Waals surface area contributed by atoms with Gasteiger partial charge in [0.2, 0.25) is 0 Å². The molecule has 0 spiro atoms. The van der Waals surface area contributed by atoms with Crippen LogP contribution in [0.15, 0.2) is 71.8 Å². The van der Waals surface area contributed by atoms with Crippen LogP contribution in [0, 0.1) is 0 Å². The predicted octanol–water partition coefficient (Wildman–Crippen LogP) is 5.04. The fourth-order valence-corrected chi connectivity index (χ4v) is 3.74. The lowest BCUT2D eigenvalue weighted by atomic mass is 10.0. The molecular formula is C23H24ClN3. The molecule has 0 amide bonds. The molecule has 27 heavy (non-hydrogen) atoms. The normalized spacial score (nSPS) is 16.1. The number of hydrazone groups is 1. The monoisotopic (exact) mass is 377 g/mol. The molecule has 0 aromatic heterocycles. The summed E-state index contributed by atoms with van der Waals surface area (Å²) in [6.45, 7) is 6.88. The minimum Gasteiger partial charge on any atom is -0.295 e. The topological polar surface area (TPSA) is 18.8 Å². The van der Waals surface area contributed by atoms with Gasteiger partial charge in [-0.3, -0.25) is 9.91 Å². The zero-order valence-corrected chi connectivity index (χ0v) is 16.4. The van der Waals surface area contributed by atoms with Crippen LogP contribution in [0.3, 0.4) is 0 Å². The van der Waals surface area contributed by atoms with E-state index in [1.807, 2.05) is 12.1 Å². The van der Waals surface area contributed by atoms with E-state index in [9.17, 15) is 0 Å². The third-order valence-corrected chi connectivity index (χ3v) is 5.53. The first-order valence-electron chi connectivity index (χ1n) is 9.44. The van der Waals surface area contributed by atoms with Crippen LogP contribution in [-0.2, 0) is 6.54 Å². The van der Waals surface area contributed by atoms with Gasteiger partial charge in [-0.2, -0.15) is 5.10 Å². The number of benzene rings is 3. The first kappa shape index (κ1) is 18.0. The molecule has 3 nitrogen and oxygen atoms in total. The number of nitrogens with zero attached hydrogens (tertiary/aromatic N) is 3. The van der Waals surface area contributed by atoms with Crippen molar-refractivity contribution in [3.8, 4) is 0 Å². The van der Waals surface area contributed by atoms with Crippen LogP contribution in [0.1, 0.15) is 18.1 Å². The van der Waals surface area contributed by atoms with E-state index in [1.165, 1.54) is 21.9 Å². The average molecular weight is 378 g/mol. The molecule has 0 aliphatic carbocycles. The molecule has 0 radical (unpaired) electrons. The van der Waals surface area contributed by atoms with Crippen molar-refractivity contribution in [2.45, 2.75) is 13.5 Å². The number of halogens is 1. The Morgan fingerprint density at radius 2 is 1.59 bits per heavy atom. The van der Waals surface area contributed by atoms with E-state index in [0.29, 0.717) is 0 Å². The fraction of sp³-hybridized carbons (Fsp3) is 0.261. The number of fused-ring (bicyclic) bond motifs is 1. The van der Waals surface area contributed by atoms with Crippen LogP contribution in [0.4, 0.5) is 0 Å². The number of hydrogen-bond donors (Lipinski definition) is 0. The molecule has 1 aliphatic rings. The van der Waals surface area contributed by atoms with Crippen LogP contribution in [0.5, 0.6) is 0 Å². The molecule has 3 aromatic rings. The van der Waals surface area contributed by atoms with Crippen molar-refractivity contribution in [1.82, 2.24) is 9.91 Å². The predicted molar refractivity (Wildman–Crippen MR) is 114 cm³/mol. The Kier molecular flexibility index (Phi) is 5.42. The van der Waals surface area contributed by atoms with Crippen molar-refractivity contribution in [1.29, 1.82) is 0 Å². The van der Waals surface area contributed by atoms with Crippen LogP contribution in [-0.4, -0.2) is 41.8 Å². The van der Waals surface area contributed by atoms with Gasteiger partial charge in [-0.05, 0) is 41.0 Å². The van der Waals surface area contributed by atoms with Gasteiger partial charge in [0.1, 0.15) is 0 Å². The summed E-state index contributed by atoms with van der Waals surface area (Å²) in [4.78, 5) is 2.44. The molecule has 1 saturated heterocycles. The first-order valence-corrected chi connectivity index (χ1v) is 9.82. The minimum atomic E-state index is 0.852. The Balaban J connectivity index is 1.39. The highest BCUT2D eigenvalue weighted by molar-refractivity contribution is 6.31. The average Bonchev–Trinajstić information content (AvgIpc) is 2.71. The summed E-state index contributed by atoms with van der Waals surface area (Å²) in [5, 5.41) is 10.4. The van der Waals surface area contributed by atoms with Gasteiger partial charge in [-0.25, -0.2) is 0 Å². The molecule has 4 heteroatoms. The third kappa shape index (κ3) is 4.32. The molecule has 0 saturated carbocycles. The molecule has 0 unspecified atom stereocenters. The third-order valence-electron chi connectivity index (χ3n) is 5.16. The zero-order chi connectivity index (χ0) is 18.6. The molecule has 138 valence electrons. The number of hydrogen-bond acceptors (Lipinski definition) is 3. The summed E-state index contributed by atoms with van der Waals surface area (Å²) in [5.74, 6) is 0. The zero-order valence-electron chi connectivity index (χ0n) is 15.6. The first-order chi connectivity index (χ1) is 13.2. The molecular weight excluding hydrogens is 354 g/mol. The van der Waals surface area contributed by atoms with E-state index >= 15 is 0 Å². The maximum absolute atomic E-state index is 6.29. The van der Waals surface area contributed by atoms with E-state index in [1.54, 1.807) is 0 Å². The van der Waals surface area contributed by atoms with Crippen LogP contribution < -0.4 is 0 Å². The van der Waals surface area contributed by atoms with Gasteiger partial charge in [0.25, 0.3) is 0 Å². The minimum absolute atomic E-state index is 0.852. The van der Waals surface area contributed by atoms with Gasteiger partial charge in [0.05, 0.1) is 5.71 Å². The van der Waals surface area contributed by atoms with E-state index in [4.69, 9.17) is 16.7 Å². The molecule has 1 aliphatic heterocycles. The second kappa shape index (κ2) is 8.12. The number of rotatable bonds is 4. The molecule has 1 heterocycles. The maximum atomic E-state index is 6.29. The van der Waals surface area contributed by atoms with E-state index in [0.717, 1.165) is 43.5 Å². The highest BCUT2D eigenvalue weighted by Crippen LogP contribution is 2.19. The quantitative estimate of drug-likeness (QED) is 0.593. The van der Waals surface area contributed by atoms with Gasteiger partial charge in [0.15, 0.2) is 0 Å². The van der Waals surface area contributed by atoms with Gasteiger partial charge in [0, 0.05) is 37.7 Å². The summed E-state index contributed by atoms with van der Waals surface area (Å²) in [6.07, 6.45) is 0. The second-order valence-electron chi connectivity index (χ2n) is 7.07. The summed E-state index contributed by atoms with van der Waals surface area (Å²) in [6, 6.07) is 23.1. The number of piperazine rings is 1. The summed E-state index contributed by atoms with van der Waals surface area (Å²) < 4.78 is 0. The van der Waals surface area contributed by atoms with E-state index < -0.39 is 0 Å². The Labute approximate surface area is 165 Å². The Bertz CT molecular complexity index is 959. The van der Waals surface area contributed by atoms with E-state index in [-0.39, 0.29) is 0 Å². The lowest BCUT2D eigenvalue weighted by Crippen LogP contribution is -2.43. The summed E-state index contributed by atoms with van der Waals surface area (Å²) >= 11 is 6.29. The second-order valence-corrected chi connectivity index (χ2v) is 7.48. The van der Waals surface area contributed by atoms with Crippen molar-refractivity contribution < 1.29 is 0 Å². The van der Waals surface area contributed by atoms with Crippen molar-refractivity contribution in [3.05, 3.63) is 82.9 Å². The van der Waals surface area contributed by atoms with Crippen LogP contribution in [0.25, 0.3) is 10.8 Å². The molecule has 3 aromatic carbocycles. The molecule has 1 fully saturated rings. The van der Waals surface area contributed by atoms with Crippen LogP contribution in [0.2, 0.25) is 5.02 Å². The Morgan fingerprint density at radius 3 is 2.37 bits per heavy atom. The largest absolute Gasteiger partial charge is 0.295 e. The highest BCUT2D eigenvalue weighted by Gasteiger charge is 2.17. The highest BCUT2D eigenvalue weighted by atomic mass is 35.5.